The minimum Gasteiger partial charge on any atom is -0.379 e. The van der Waals surface area contributed by atoms with Crippen LogP contribution in [0.5, 0.6) is 0 Å². The molecule has 5 heteroatoms. The third-order valence-electron chi connectivity index (χ3n) is 6.53. The second kappa shape index (κ2) is 8.50. The van der Waals surface area contributed by atoms with Crippen LogP contribution in [0.15, 0.2) is 47.5 Å². The Hall–Kier alpha value is -2.82. The molecule has 0 radical (unpaired) electrons. The quantitative estimate of drug-likeness (QED) is 0.458. The van der Waals surface area contributed by atoms with Crippen molar-refractivity contribution in [1.29, 1.82) is 5.41 Å². The van der Waals surface area contributed by atoms with Gasteiger partial charge in [0.05, 0.1) is 16.7 Å². The molecule has 2 heterocycles. The number of fused-ring (bicyclic) bond motifs is 1. The van der Waals surface area contributed by atoms with Crippen molar-refractivity contribution in [3.05, 3.63) is 59.2 Å². The number of pyridine rings is 1. The first-order valence-corrected chi connectivity index (χ1v) is 11.0. The lowest BCUT2D eigenvalue weighted by Gasteiger charge is -2.28. The molecule has 2 N–H and O–H groups in total. The number of aliphatic imine (C=N–C) groups is 1. The Morgan fingerprint density at radius 3 is 2.47 bits per heavy atom. The minimum atomic E-state index is 0.439. The zero-order valence-electron chi connectivity index (χ0n) is 18.6. The molecule has 1 aliphatic carbocycles. The van der Waals surface area contributed by atoms with Gasteiger partial charge in [-0.15, -0.1) is 0 Å². The maximum Gasteiger partial charge on any atom is 0.154 e. The molecule has 1 saturated carbocycles. The average Bonchev–Trinajstić information content (AvgIpc) is 3.05. The first kappa shape index (κ1) is 20.5. The third-order valence-corrected chi connectivity index (χ3v) is 6.53. The molecule has 158 valence electrons. The molecule has 30 heavy (non-hydrogen) atoms. The Bertz CT molecular complexity index is 1110. The highest BCUT2D eigenvalue weighted by molar-refractivity contribution is 5.94. The molecule has 1 fully saturated rings. The van der Waals surface area contributed by atoms with E-state index < -0.39 is 0 Å². The van der Waals surface area contributed by atoms with Crippen LogP contribution in [0.3, 0.4) is 0 Å². The van der Waals surface area contributed by atoms with E-state index in [1.165, 1.54) is 36.9 Å². The minimum absolute atomic E-state index is 0.439. The van der Waals surface area contributed by atoms with Crippen molar-refractivity contribution in [2.45, 2.75) is 59.0 Å². The highest BCUT2D eigenvalue weighted by Crippen LogP contribution is 2.27. The third kappa shape index (κ3) is 3.93. The van der Waals surface area contributed by atoms with Crippen LogP contribution in [0, 0.1) is 18.3 Å². The summed E-state index contributed by atoms with van der Waals surface area (Å²) in [5.74, 6) is 1.65. The second-order valence-electron chi connectivity index (χ2n) is 8.74. The molecular formula is C25H33N5. The highest BCUT2D eigenvalue weighted by atomic mass is 15.1. The monoisotopic (exact) mass is 403 g/mol. The molecule has 4 rings (SSSR count). The zero-order chi connectivity index (χ0) is 21.3. The van der Waals surface area contributed by atoms with Gasteiger partial charge in [-0.1, -0.05) is 37.3 Å². The van der Waals surface area contributed by atoms with Crippen LogP contribution in [0.2, 0.25) is 0 Å². The van der Waals surface area contributed by atoms with E-state index in [4.69, 9.17) is 5.41 Å². The number of nitrogens with zero attached hydrogens (tertiary/aromatic N) is 3. The van der Waals surface area contributed by atoms with Crippen molar-refractivity contribution < 1.29 is 0 Å². The summed E-state index contributed by atoms with van der Waals surface area (Å²) in [6, 6.07) is 15.3. The van der Waals surface area contributed by atoms with E-state index in [1.54, 1.807) is 7.05 Å². The van der Waals surface area contributed by atoms with Gasteiger partial charge in [-0.3, -0.25) is 15.0 Å². The molecule has 0 bridgehead atoms. The predicted molar refractivity (Wildman–Crippen MR) is 126 cm³/mol. The van der Waals surface area contributed by atoms with E-state index in [0.29, 0.717) is 11.5 Å². The van der Waals surface area contributed by atoms with Crippen molar-refractivity contribution in [2.75, 3.05) is 12.4 Å². The van der Waals surface area contributed by atoms with Crippen LogP contribution in [0.4, 0.5) is 5.69 Å². The molecule has 5 nitrogen and oxygen atoms in total. The van der Waals surface area contributed by atoms with Gasteiger partial charge in [0.1, 0.15) is 5.84 Å². The Balaban J connectivity index is 1.82. The van der Waals surface area contributed by atoms with Gasteiger partial charge in [0.2, 0.25) is 0 Å². The molecular weight excluding hydrogens is 370 g/mol. The van der Waals surface area contributed by atoms with E-state index in [0.717, 1.165) is 35.0 Å². The van der Waals surface area contributed by atoms with Gasteiger partial charge < -0.3 is 9.88 Å². The van der Waals surface area contributed by atoms with E-state index in [1.807, 2.05) is 11.5 Å². The Kier molecular flexibility index (Phi) is 5.80. The lowest BCUT2D eigenvalue weighted by molar-refractivity contribution is 0.361. The van der Waals surface area contributed by atoms with Gasteiger partial charge in [0, 0.05) is 25.3 Å². The maximum atomic E-state index is 8.93. The first-order chi connectivity index (χ1) is 14.5. The number of hydrogen-bond acceptors (Lipinski definition) is 3. The maximum absolute atomic E-state index is 8.93. The molecule has 0 aliphatic heterocycles. The summed E-state index contributed by atoms with van der Waals surface area (Å²) < 4.78 is 4.33. The molecule has 1 aromatic carbocycles. The smallest absolute Gasteiger partial charge is 0.154 e. The van der Waals surface area contributed by atoms with Crippen LogP contribution in [0.25, 0.3) is 11.0 Å². The Labute approximate surface area is 179 Å². The van der Waals surface area contributed by atoms with Gasteiger partial charge in [0.25, 0.3) is 0 Å². The van der Waals surface area contributed by atoms with Crippen LogP contribution in [0.1, 0.15) is 50.8 Å². The first-order valence-electron chi connectivity index (χ1n) is 11.0. The molecule has 0 saturated heterocycles. The topological polar surface area (TPSA) is 58.1 Å². The summed E-state index contributed by atoms with van der Waals surface area (Å²) in [6.07, 6.45) is 4.85. The van der Waals surface area contributed by atoms with Crippen molar-refractivity contribution in [1.82, 2.24) is 9.13 Å². The SMILES string of the molecule is CN=C(C)n1c(=N)c(NC2CCC(C)CC2)cc2c1cc(C)n2Cc1ccccc1. The number of anilines is 1. The molecule has 0 atom stereocenters. The van der Waals surface area contributed by atoms with Crippen LogP contribution >= 0.6 is 0 Å². The second-order valence-corrected chi connectivity index (χ2v) is 8.74. The highest BCUT2D eigenvalue weighted by Gasteiger charge is 2.20. The number of aromatic nitrogens is 2. The van der Waals surface area contributed by atoms with Gasteiger partial charge in [0.15, 0.2) is 5.49 Å². The van der Waals surface area contributed by atoms with E-state index >= 15 is 0 Å². The summed E-state index contributed by atoms with van der Waals surface area (Å²) in [7, 11) is 1.80. The fraction of sp³-hybridized carbons (Fsp3) is 0.440. The van der Waals surface area contributed by atoms with Gasteiger partial charge in [-0.05, 0) is 63.1 Å². The van der Waals surface area contributed by atoms with Crippen molar-refractivity contribution in [3.8, 4) is 0 Å². The Morgan fingerprint density at radius 2 is 1.80 bits per heavy atom. The zero-order valence-corrected chi connectivity index (χ0v) is 18.6. The summed E-state index contributed by atoms with van der Waals surface area (Å²) >= 11 is 0. The summed E-state index contributed by atoms with van der Waals surface area (Å²) in [4.78, 5) is 4.41. The summed E-state index contributed by atoms with van der Waals surface area (Å²) in [5, 5.41) is 12.6. The largest absolute Gasteiger partial charge is 0.379 e. The molecule has 0 amide bonds. The fourth-order valence-electron chi connectivity index (χ4n) is 4.60. The average molecular weight is 404 g/mol. The van der Waals surface area contributed by atoms with Crippen molar-refractivity contribution in [3.63, 3.8) is 0 Å². The van der Waals surface area contributed by atoms with Gasteiger partial charge in [-0.25, -0.2) is 0 Å². The van der Waals surface area contributed by atoms with Crippen molar-refractivity contribution in [2.24, 2.45) is 10.9 Å². The van der Waals surface area contributed by atoms with E-state index in [-0.39, 0.29) is 0 Å². The van der Waals surface area contributed by atoms with Crippen molar-refractivity contribution >= 4 is 22.6 Å². The van der Waals surface area contributed by atoms with E-state index in [9.17, 15) is 0 Å². The lowest BCUT2D eigenvalue weighted by Crippen LogP contribution is -2.33. The van der Waals surface area contributed by atoms with Crippen LogP contribution in [-0.4, -0.2) is 28.1 Å². The molecule has 0 unspecified atom stereocenters. The molecule has 3 aromatic rings. The predicted octanol–water partition coefficient (Wildman–Crippen LogP) is 5.17. The number of nitrogens with one attached hydrogen (secondary N) is 2. The lowest BCUT2D eigenvalue weighted by atomic mass is 9.87. The normalized spacial score (nSPS) is 19.9. The standard InChI is InChI=1S/C25H33N5/c1-17-10-12-21(13-11-17)28-22-15-23-24(30(25(22)26)19(3)27-4)14-18(2)29(23)16-20-8-6-5-7-9-20/h5-9,14-15,17,21,26,28H,10-13,16H2,1-4H3. The number of benzene rings is 1. The summed E-state index contributed by atoms with van der Waals surface area (Å²) in [6.45, 7) is 7.28. The fourth-order valence-corrected chi connectivity index (χ4v) is 4.60. The Morgan fingerprint density at radius 1 is 1.10 bits per heavy atom. The number of aryl methyl sites for hydroxylation is 1. The van der Waals surface area contributed by atoms with E-state index in [2.05, 4.69) is 71.2 Å². The molecule has 0 spiro atoms. The van der Waals surface area contributed by atoms with Crippen LogP contribution in [-0.2, 0) is 6.54 Å². The van der Waals surface area contributed by atoms with Gasteiger partial charge in [-0.2, -0.15) is 0 Å². The molecule has 1 aliphatic rings. The molecule has 2 aromatic heterocycles. The van der Waals surface area contributed by atoms with Crippen LogP contribution < -0.4 is 10.8 Å². The number of rotatable bonds is 4. The van der Waals surface area contributed by atoms with Gasteiger partial charge >= 0.3 is 0 Å². The summed E-state index contributed by atoms with van der Waals surface area (Å²) in [5.41, 5.74) is 6.03. The number of hydrogen-bond donors (Lipinski definition) is 2.